The number of hydrogen-bond acceptors (Lipinski definition) is 6. The fourth-order valence-corrected chi connectivity index (χ4v) is 4.87. The summed E-state index contributed by atoms with van der Waals surface area (Å²) < 4.78 is 12.2. The molecule has 3 aromatic rings. The van der Waals surface area contributed by atoms with Crippen molar-refractivity contribution in [3.8, 4) is 11.4 Å². The van der Waals surface area contributed by atoms with Gasteiger partial charge in [0.2, 0.25) is 12.2 Å². The summed E-state index contributed by atoms with van der Waals surface area (Å²) >= 11 is 0. The highest BCUT2D eigenvalue weighted by Gasteiger charge is 2.35. The number of benzene rings is 2. The Hall–Kier alpha value is -3.69. The molecule has 188 valence electrons. The van der Waals surface area contributed by atoms with Crippen LogP contribution in [0.25, 0.3) is 5.69 Å². The summed E-state index contributed by atoms with van der Waals surface area (Å²) in [5, 5.41) is 15.2. The van der Waals surface area contributed by atoms with Crippen LogP contribution in [0.2, 0.25) is 0 Å². The second-order valence-corrected chi connectivity index (χ2v) is 8.86. The summed E-state index contributed by atoms with van der Waals surface area (Å²) in [7, 11) is 1.59. The van der Waals surface area contributed by atoms with Gasteiger partial charge in [0.25, 0.3) is 5.91 Å². The average Bonchev–Trinajstić information content (AvgIpc) is 3.30. The molecular weight excluding hydrogens is 460 g/mol. The topological polar surface area (TPSA) is 97.1 Å². The van der Waals surface area contributed by atoms with Crippen LogP contribution in [0.3, 0.4) is 0 Å². The number of amides is 2. The van der Waals surface area contributed by atoms with Gasteiger partial charge in [-0.3, -0.25) is 9.59 Å². The predicted octanol–water partition coefficient (Wildman–Crippen LogP) is 3.63. The fraction of sp³-hybridized carbons (Fsp3) is 0.370. The van der Waals surface area contributed by atoms with Gasteiger partial charge in [0.15, 0.2) is 0 Å². The van der Waals surface area contributed by atoms with E-state index in [1.54, 1.807) is 35.7 Å². The summed E-state index contributed by atoms with van der Waals surface area (Å²) in [4.78, 5) is 29.6. The lowest BCUT2D eigenvalue weighted by Gasteiger charge is -2.30. The van der Waals surface area contributed by atoms with E-state index in [0.717, 1.165) is 30.8 Å². The molecule has 2 aliphatic heterocycles. The highest BCUT2D eigenvalue weighted by atomic mass is 16.6. The maximum Gasteiger partial charge on any atom is 0.277 e. The summed E-state index contributed by atoms with van der Waals surface area (Å²) in [6.45, 7) is 3.27. The number of hydrogen-bond donors (Lipinski definition) is 1. The molecule has 1 fully saturated rings. The molecule has 1 N–H and O–H groups in total. The number of fused-ring (bicyclic) bond motifs is 1. The molecule has 0 bridgehead atoms. The highest BCUT2D eigenvalue weighted by molar-refractivity contribution is 6.07. The Labute approximate surface area is 209 Å². The molecule has 0 saturated carbocycles. The van der Waals surface area contributed by atoms with Crippen molar-refractivity contribution in [1.82, 2.24) is 9.78 Å². The van der Waals surface area contributed by atoms with Gasteiger partial charge in [-0.2, -0.15) is 5.10 Å². The van der Waals surface area contributed by atoms with Gasteiger partial charge >= 0.3 is 0 Å². The first-order valence-electron chi connectivity index (χ1n) is 12.3. The van der Waals surface area contributed by atoms with Gasteiger partial charge < -0.3 is 24.4 Å². The Balaban J connectivity index is 1.49. The Morgan fingerprint density at radius 1 is 0.917 bits per heavy atom. The van der Waals surface area contributed by atoms with Gasteiger partial charge in [-0.15, -0.1) is 0 Å². The van der Waals surface area contributed by atoms with Crippen molar-refractivity contribution in [3.05, 3.63) is 65.5 Å². The van der Waals surface area contributed by atoms with Crippen molar-refractivity contribution in [3.63, 3.8) is 0 Å². The molecule has 2 aliphatic rings. The Morgan fingerprint density at radius 2 is 1.58 bits per heavy atom. The third-order valence-electron chi connectivity index (χ3n) is 6.72. The molecule has 5 rings (SSSR count). The first-order chi connectivity index (χ1) is 17.5. The Kier molecular flexibility index (Phi) is 6.75. The van der Waals surface area contributed by atoms with E-state index < -0.39 is 6.29 Å². The van der Waals surface area contributed by atoms with Crippen LogP contribution in [0, 0.1) is 0 Å². The molecule has 2 aromatic carbocycles. The number of anilines is 2. The first-order valence-corrected chi connectivity index (χ1v) is 12.3. The maximum absolute atomic E-state index is 13.8. The minimum absolute atomic E-state index is 0.136. The molecule has 2 amide bonds. The molecule has 9 heteroatoms. The number of rotatable bonds is 7. The fourth-order valence-electron chi connectivity index (χ4n) is 4.87. The molecule has 0 aliphatic carbocycles. The number of aliphatic hydroxyl groups excluding tert-OH is 1. The quantitative estimate of drug-likeness (QED) is 0.508. The number of piperidine rings is 1. The molecule has 1 aromatic heterocycles. The standard InChI is InChI=1S/C27H30N4O5/c1-3-36-27(34)24-22-15-17-30(19-9-7-18(8-10-19)29-16-5-4-6-23(29)32)26(33)25(22)31(28-24)20-11-13-21(35-2)14-12-20/h7-14,27,34H,3-6,15-17H2,1-2H3. The zero-order valence-corrected chi connectivity index (χ0v) is 20.5. The molecule has 3 heterocycles. The average molecular weight is 491 g/mol. The van der Waals surface area contributed by atoms with Gasteiger partial charge in [-0.25, -0.2) is 4.68 Å². The number of aliphatic hydroxyl groups is 1. The summed E-state index contributed by atoms with van der Waals surface area (Å²) in [5.74, 6) is 0.613. The van der Waals surface area contributed by atoms with Gasteiger partial charge in [-0.05, 0) is 74.7 Å². The van der Waals surface area contributed by atoms with E-state index in [0.29, 0.717) is 54.4 Å². The van der Waals surface area contributed by atoms with Crippen molar-refractivity contribution in [2.75, 3.05) is 36.6 Å². The van der Waals surface area contributed by atoms with Crippen LogP contribution < -0.4 is 14.5 Å². The lowest BCUT2D eigenvalue weighted by Crippen LogP contribution is -2.39. The highest BCUT2D eigenvalue weighted by Crippen LogP contribution is 2.33. The number of ether oxygens (including phenoxy) is 2. The molecule has 1 unspecified atom stereocenters. The molecule has 1 saturated heterocycles. The molecule has 0 radical (unpaired) electrons. The van der Waals surface area contributed by atoms with Gasteiger partial charge in [-0.1, -0.05) is 0 Å². The van der Waals surface area contributed by atoms with Crippen molar-refractivity contribution in [2.45, 2.75) is 38.9 Å². The smallest absolute Gasteiger partial charge is 0.277 e. The van der Waals surface area contributed by atoms with Crippen molar-refractivity contribution < 1.29 is 24.2 Å². The second kappa shape index (κ2) is 10.1. The summed E-state index contributed by atoms with van der Waals surface area (Å²) in [6, 6.07) is 14.8. The number of nitrogens with zero attached hydrogens (tertiary/aromatic N) is 4. The molecular formula is C27H30N4O5. The van der Waals surface area contributed by atoms with E-state index >= 15 is 0 Å². The third kappa shape index (κ3) is 4.36. The second-order valence-electron chi connectivity index (χ2n) is 8.86. The van der Waals surface area contributed by atoms with E-state index in [1.807, 2.05) is 41.3 Å². The number of aromatic nitrogens is 2. The Morgan fingerprint density at radius 3 is 2.22 bits per heavy atom. The van der Waals surface area contributed by atoms with Crippen LogP contribution in [0.4, 0.5) is 11.4 Å². The van der Waals surface area contributed by atoms with Crippen LogP contribution in [0.15, 0.2) is 48.5 Å². The number of methoxy groups -OCH3 is 1. The minimum Gasteiger partial charge on any atom is -0.497 e. The molecule has 36 heavy (non-hydrogen) atoms. The van der Waals surface area contributed by atoms with Crippen LogP contribution >= 0.6 is 0 Å². The van der Waals surface area contributed by atoms with Crippen molar-refractivity contribution in [1.29, 1.82) is 0 Å². The first kappa shape index (κ1) is 24.0. The molecule has 0 spiro atoms. The van der Waals surface area contributed by atoms with Gasteiger partial charge in [0, 0.05) is 43.1 Å². The van der Waals surface area contributed by atoms with E-state index in [9.17, 15) is 14.7 Å². The van der Waals surface area contributed by atoms with Crippen molar-refractivity contribution >= 4 is 23.2 Å². The van der Waals surface area contributed by atoms with Crippen LogP contribution in [0.1, 0.15) is 54.2 Å². The van der Waals surface area contributed by atoms with E-state index in [2.05, 4.69) is 5.10 Å². The van der Waals surface area contributed by atoms with Crippen LogP contribution in [0.5, 0.6) is 5.75 Å². The zero-order chi connectivity index (χ0) is 25.2. The minimum atomic E-state index is -1.22. The summed E-state index contributed by atoms with van der Waals surface area (Å²) in [5.41, 5.74) is 3.71. The SMILES string of the molecule is CCOC(O)c1nn(-c2ccc(OC)cc2)c2c1CCN(c1ccc(N3CCCCC3=O)cc1)C2=O. The number of carbonyl (C=O) groups is 2. The van der Waals surface area contributed by atoms with Crippen LogP contribution in [-0.2, 0) is 16.0 Å². The Bertz CT molecular complexity index is 1250. The van der Waals surface area contributed by atoms with Gasteiger partial charge in [0.05, 0.1) is 12.8 Å². The van der Waals surface area contributed by atoms with Gasteiger partial charge in [0.1, 0.15) is 17.1 Å². The van der Waals surface area contributed by atoms with Crippen molar-refractivity contribution in [2.24, 2.45) is 0 Å². The lowest BCUT2D eigenvalue weighted by atomic mass is 10.0. The van der Waals surface area contributed by atoms with E-state index in [-0.39, 0.29) is 11.8 Å². The van der Waals surface area contributed by atoms with E-state index in [1.165, 1.54) is 0 Å². The molecule has 9 nitrogen and oxygen atoms in total. The zero-order valence-electron chi connectivity index (χ0n) is 20.5. The maximum atomic E-state index is 13.8. The third-order valence-corrected chi connectivity index (χ3v) is 6.72. The number of carbonyl (C=O) groups excluding carboxylic acids is 2. The monoisotopic (exact) mass is 490 g/mol. The lowest BCUT2D eigenvalue weighted by molar-refractivity contribution is -0.119. The normalized spacial score (nSPS) is 16.8. The predicted molar refractivity (Wildman–Crippen MR) is 135 cm³/mol. The largest absolute Gasteiger partial charge is 0.497 e. The van der Waals surface area contributed by atoms with Crippen LogP contribution in [-0.4, -0.2) is 53.5 Å². The summed E-state index contributed by atoms with van der Waals surface area (Å²) in [6.07, 6.45) is 1.79. The molecule has 1 atom stereocenters. The van der Waals surface area contributed by atoms with E-state index in [4.69, 9.17) is 9.47 Å².